The molecule has 2 aromatic rings. The number of thiophene rings is 1. The number of rotatable bonds is 5. The van der Waals surface area contributed by atoms with Crippen LogP contribution in [0.4, 0.5) is 10.5 Å². The van der Waals surface area contributed by atoms with Crippen LogP contribution < -0.4 is 16.0 Å². The number of benzene rings is 1. The Morgan fingerprint density at radius 3 is 2.59 bits per heavy atom. The highest BCUT2D eigenvalue weighted by Gasteiger charge is 2.13. The van der Waals surface area contributed by atoms with Gasteiger partial charge in [-0.15, -0.1) is 11.3 Å². The molecule has 1 aromatic heterocycles. The van der Waals surface area contributed by atoms with Gasteiger partial charge in [0.2, 0.25) is 0 Å². The van der Waals surface area contributed by atoms with E-state index >= 15 is 0 Å². The van der Waals surface area contributed by atoms with E-state index in [-0.39, 0.29) is 18.0 Å². The molecule has 0 saturated carbocycles. The zero-order chi connectivity index (χ0) is 15.9. The Morgan fingerprint density at radius 1 is 1.14 bits per heavy atom. The van der Waals surface area contributed by atoms with E-state index in [1.165, 1.54) is 0 Å². The molecule has 0 bridgehead atoms. The predicted octanol–water partition coefficient (Wildman–Crippen LogP) is 3.21. The van der Waals surface area contributed by atoms with Gasteiger partial charge in [0.1, 0.15) is 0 Å². The van der Waals surface area contributed by atoms with E-state index < -0.39 is 0 Å². The number of amides is 3. The van der Waals surface area contributed by atoms with Crippen LogP contribution in [0.1, 0.15) is 29.1 Å². The summed E-state index contributed by atoms with van der Waals surface area (Å²) in [5.41, 5.74) is 0.933. The number of anilines is 1. The van der Waals surface area contributed by atoms with E-state index in [9.17, 15) is 9.59 Å². The van der Waals surface area contributed by atoms with Crippen LogP contribution in [-0.2, 0) is 6.54 Å². The van der Waals surface area contributed by atoms with E-state index in [2.05, 4.69) is 16.0 Å². The second-order valence-corrected chi connectivity index (χ2v) is 6.09. The second kappa shape index (κ2) is 7.61. The monoisotopic (exact) mass is 317 g/mol. The fourth-order valence-electron chi connectivity index (χ4n) is 1.89. The third kappa shape index (κ3) is 4.60. The number of carbonyl (C=O) groups is 2. The van der Waals surface area contributed by atoms with Gasteiger partial charge in [0.05, 0.1) is 17.8 Å². The average Bonchev–Trinajstić information content (AvgIpc) is 2.97. The number of carbonyl (C=O) groups excluding carboxylic acids is 2. The summed E-state index contributed by atoms with van der Waals surface area (Å²) in [6.07, 6.45) is 0. The van der Waals surface area contributed by atoms with Gasteiger partial charge in [-0.2, -0.15) is 0 Å². The maximum absolute atomic E-state index is 12.3. The highest BCUT2D eigenvalue weighted by atomic mass is 32.1. The molecule has 0 aliphatic rings. The molecule has 0 saturated heterocycles. The minimum atomic E-state index is -0.325. The van der Waals surface area contributed by atoms with Gasteiger partial charge in [0.25, 0.3) is 5.91 Å². The van der Waals surface area contributed by atoms with E-state index in [0.29, 0.717) is 17.8 Å². The summed E-state index contributed by atoms with van der Waals surface area (Å²) < 4.78 is 0. The van der Waals surface area contributed by atoms with Gasteiger partial charge in [-0.05, 0) is 37.4 Å². The van der Waals surface area contributed by atoms with Crippen LogP contribution in [0, 0.1) is 0 Å². The standard InChI is InChI=1S/C16H19N3O2S/c1-11(2)18-16(21)19-14-8-4-3-7-13(14)15(20)17-10-12-6-5-9-22-12/h3-9,11H,10H2,1-2H3,(H,17,20)(H2,18,19,21). The van der Waals surface area contributed by atoms with Crippen molar-refractivity contribution in [3.05, 3.63) is 52.2 Å². The van der Waals surface area contributed by atoms with Crippen molar-refractivity contribution >= 4 is 29.0 Å². The van der Waals surface area contributed by atoms with Crippen molar-refractivity contribution in [2.45, 2.75) is 26.4 Å². The van der Waals surface area contributed by atoms with Crippen LogP contribution in [0.15, 0.2) is 41.8 Å². The Morgan fingerprint density at radius 2 is 1.91 bits per heavy atom. The first-order valence-electron chi connectivity index (χ1n) is 7.03. The molecule has 22 heavy (non-hydrogen) atoms. The molecule has 0 unspecified atom stereocenters. The summed E-state index contributed by atoms with van der Waals surface area (Å²) >= 11 is 1.59. The maximum atomic E-state index is 12.3. The maximum Gasteiger partial charge on any atom is 0.319 e. The molecule has 1 aromatic carbocycles. The molecule has 0 radical (unpaired) electrons. The molecule has 2 rings (SSSR count). The lowest BCUT2D eigenvalue weighted by atomic mass is 10.1. The van der Waals surface area contributed by atoms with Gasteiger partial charge in [0, 0.05) is 10.9 Å². The molecule has 5 nitrogen and oxygen atoms in total. The summed E-state index contributed by atoms with van der Waals surface area (Å²) in [5, 5.41) is 10.3. The summed E-state index contributed by atoms with van der Waals surface area (Å²) in [6.45, 7) is 4.22. The van der Waals surface area contributed by atoms with Crippen molar-refractivity contribution in [1.29, 1.82) is 0 Å². The van der Waals surface area contributed by atoms with Crippen LogP contribution in [0.3, 0.4) is 0 Å². The molecule has 0 aliphatic heterocycles. The number of hydrogen-bond acceptors (Lipinski definition) is 3. The SMILES string of the molecule is CC(C)NC(=O)Nc1ccccc1C(=O)NCc1cccs1. The first-order chi connectivity index (χ1) is 10.6. The second-order valence-electron chi connectivity index (χ2n) is 5.06. The summed E-state index contributed by atoms with van der Waals surface area (Å²) in [4.78, 5) is 25.2. The molecule has 0 atom stereocenters. The lowest BCUT2D eigenvalue weighted by Crippen LogP contribution is -2.35. The Balaban J connectivity index is 2.03. The third-order valence-corrected chi connectivity index (χ3v) is 3.72. The molecule has 0 aliphatic carbocycles. The van der Waals surface area contributed by atoms with Crippen molar-refractivity contribution in [3.8, 4) is 0 Å². The zero-order valence-corrected chi connectivity index (χ0v) is 13.4. The van der Waals surface area contributed by atoms with Crippen molar-refractivity contribution in [2.75, 3.05) is 5.32 Å². The lowest BCUT2D eigenvalue weighted by molar-refractivity contribution is 0.0952. The van der Waals surface area contributed by atoms with Crippen molar-refractivity contribution in [3.63, 3.8) is 0 Å². The first-order valence-corrected chi connectivity index (χ1v) is 7.91. The molecule has 0 spiro atoms. The smallest absolute Gasteiger partial charge is 0.319 e. The van der Waals surface area contributed by atoms with Crippen LogP contribution >= 0.6 is 11.3 Å². The van der Waals surface area contributed by atoms with Crippen molar-refractivity contribution < 1.29 is 9.59 Å². The number of nitrogens with one attached hydrogen (secondary N) is 3. The first kappa shape index (κ1) is 16.0. The normalized spacial score (nSPS) is 10.3. The Hall–Kier alpha value is -2.34. The van der Waals surface area contributed by atoms with Gasteiger partial charge in [0.15, 0.2) is 0 Å². The van der Waals surface area contributed by atoms with Crippen LogP contribution in [0.25, 0.3) is 0 Å². The Kier molecular flexibility index (Phi) is 5.55. The highest BCUT2D eigenvalue weighted by Crippen LogP contribution is 2.15. The highest BCUT2D eigenvalue weighted by molar-refractivity contribution is 7.09. The molecule has 1 heterocycles. The molecule has 0 fully saturated rings. The van der Waals surface area contributed by atoms with E-state index in [4.69, 9.17) is 0 Å². The number of urea groups is 1. The quantitative estimate of drug-likeness (QED) is 0.792. The van der Waals surface area contributed by atoms with E-state index in [0.717, 1.165) is 4.88 Å². The van der Waals surface area contributed by atoms with Crippen molar-refractivity contribution in [2.24, 2.45) is 0 Å². The van der Waals surface area contributed by atoms with Gasteiger partial charge in [-0.25, -0.2) is 4.79 Å². The van der Waals surface area contributed by atoms with Gasteiger partial charge in [-0.3, -0.25) is 4.79 Å². The van der Waals surface area contributed by atoms with Crippen molar-refractivity contribution in [1.82, 2.24) is 10.6 Å². The van der Waals surface area contributed by atoms with Gasteiger partial charge >= 0.3 is 6.03 Å². The summed E-state index contributed by atoms with van der Waals surface area (Å²) in [5.74, 6) is -0.214. The average molecular weight is 317 g/mol. The molecule has 6 heteroatoms. The summed E-state index contributed by atoms with van der Waals surface area (Å²) in [6, 6.07) is 10.6. The van der Waals surface area contributed by atoms with Gasteiger partial charge < -0.3 is 16.0 Å². The molecular weight excluding hydrogens is 298 g/mol. The number of hydrogen-bond donors (Lipinski definition) is 3. The van der Waals surface area contributed by atoms with E-state index in [1.54, 1.807) is 35.6 Å². The summed E-state index contributed by atoms with van der Waals surface area (Å²) in [7, 11) is 0. The zero-order valence-electron chi connectivity index (χ0n) is 12.6. The minimum absolute atomic E-state index is 0.0276. The van der Waals surface area contributed by atoms with Crippen LogP contribution in [0.2, 0.25) is 0 Å². The molecule has 3 N–H and O–H groups in total. The van der Waals surface area contributed by atoms with Gasteiger partial charge in [-0.1, -0.05) is 18.2 Å². The van der Waals surface area contributed by atoms with E-state index in [1.807, 2.05) is 31.4 Å². The topological polar surface area (TPSA) is 70.2 Å². The molecule has 3 amide bonds. The predicted molar refractivity (Wildman–Crippen MR) is 89.2 cm³/mol. The fourth-order valence-corrected chi connectivity index (χ4v) is 2.53. The largest absolute Gasteiger partial charge is 0.347 e. The molecular formula is C16H19N3O2S. The van der Waals surface area contributed by atoms with Crippen LogP contribution in [0.5, 0.6) is 0 Å². The lowest BCUT2D eigenvalue weighted by Gasteiger charge is -2.13. The molecule has 116 valence electrons. The Labute approximate surface area is 133 Å². The minimum Gasteiger partial charge on any atom is -0.347 e. The number of para-hydroxylation sites is 1. The fraction of sp³-hybridized carbons (Fsp3) is 0.250. The third-order valence-electron chi connectivity index (χ3n) is 2.84. The Bertz CT molecular complexity index is 639. The van der Waals surface area contributed by atoms with Crippen LogP contribution in [-0.4, -0.2) is 18.0 Å².